The van der Waals surface area contributed by atoms with Crippen molar-refractivity contribution < 1.29 is 28.5 Å². The normalized spacial score (nSPS) is 10.3. The van der Waals surface area contributed by atoms with Gasteiger partial charge in [-0.25, -0.2) is 9.59 Å². The predicted octanol–water partition coefficient (Wildman–Crippen LogP) is 5.11. The van der Waals surface area contributed by atoms with Gasteiger partial charge in [0.1, 0.15) is 18.1 Å². The molecule has 2 aromatic rings. The van der Waals surface area contributed by atoms with Crippen molar-refractivity contribution in [3.8, 4) is 11.5 Å². The molecule has 0 aromatic heterocycles. The van der Waals surface area contributed by atoms with Crippen molar-refractivity contribution in [2.75, 3.05) is 20.3 Å². The first-order valence-electron chi connectivity index (χ1n) is 10.3. The lowest BCUT2D eigenvalue weighted by molar-refractivity contribution is -0.139. The van der Waals surface area contributed by atoms with Crippen LogP contribution in [0.1, 0.15) is 48.5 Å². The summed E-state index contributed by atoms with van der Waals surface area (Å²) in [6.45, 7) is 6.39. The Hall–Kier alpha value is -3.28. The Balaban J connectivity index is 1.61. The Labute approximate surface area is 183 Å². The average molecular weight is 427 g/mol. The molecule has 0 bridgehead atoms. The van der Waals surface area contributed by atoms with Crippen LogP contribution >= 0.6 is 0 Å². The van der Waals surface area contributed by atoms with Crippen molar-refractivity contribution in [2.45, 2.75) is 39.2 Å². The molecule has 0 aliphatic carbocycles. The summed E-state index contributed by atoms with van der Waals surface area (Å²) in [6.07, 6.45) is 3.68. The van der Waals surface area contributed by atoms with Crippen molar-refractivity contribution in [1.82, 2.24) is 0 Å². The fourth-order valence-corrected chi connectivity index (χ4v) is 2.68. The maximum atomic E-state index is 12.2. The highest BCUT2D eigenvalue weighted by Crippen LogP contribution is 2.16. The number of carbonyl (C=O) groups excluding carboxylic acids is 2. The third-order valence-corrected chi connectivity index (χ3v) is 4.51. The summed E-state index contributed by atoms with van der Waals surface area (Å²) in [5, 5.41) is 0. The molecule has 6 heteroatoms. The van der Waals surface area contributed by atoms with Gasteiger partial charge in [0.15, 0.2) is 0 Å². The average Bonchev–Trinajstić information content (AvgIpc) is 2.79. The molecule has 2 rings (SSSR count). The number of benzene rings is 2. The van der Waals surface area contributed by atoms with Crippen LogP contribution in [0.5, 0.6) is 11.5 Å². The zero-order chi connectivity index (χ0) is 22.5. The first-order valence-corrected chi connectivity index (χ1v) is 10.3. The second-order valence-electron chi connectivity index (χ2n) is 7.13. The van der Waals surface area contributed by atoms with Gasteiger partial charge in [-0.1, -0.05) is 18.7 Å². The number of ether oxygens (including phenoxy) is 4. The molecule has 0 saturated heterocycles. The van der Waals surface area contributed by atoms with E-state index >= 15 is 0 Å². The van der Waals surface area contributed by atoms with Crippen LogP contribution in [0.3, 0.4) is 0 Å². The predicted molar refractivity (Wildman–Crippen MR) is 118 cm³/mol. The number of hydrogen-bond donors (Lipinski definition) is 0. The second kappa shape index (κ2) is 13.1. The topological polar surface area (TPSA) is 71.1 Å². The van der Waals surface area contributed by atoms with E-state index in [0.29, 0.717) is 30.1 Å². The van der Waals surface area contributed by atoms with Gasteiger partial charge >= 0.3 is 11.9 Å². The Morgan fingerprint density at radius 1 is 0.806 bits per heavy atom. The standard InChI is InChI=1S/C25H30O6/c1-19(2)24(26)30-17-7-5-4-6-16-29-23-14-10-21(11-15-23)25(27)31-18-20-8-12-22(28-3)13-9-20/h8-15H,1,4-7,16-18H2,2-3H3. The minimum absolute atomic E-state index is 0.202. The van der Waals surface area contributed by atoms with Crippen molar-refractivity contribution in [2.24, 2.45) is 0 Å². The SMILES string of the molecule is C=C(C)C(=O)OCCCCCCOc1ccc(C(=O)OCc2ccc(OC)cc2)cc1. The van der Waals surface area contributed by atoms with Crippen molar-refractivity contribution >= 4 is 11.9 Å². The van der Waals surface area contributed by atoms with Gasteiger partial charge in [-0.3, -0.25) is 0 Å². The summed E-state index contributed by atoms with van der Waals surface area (Å²) in [5.74, 6) is 0.753. The molecule has 31 heavy (non-hydrogen) atoms. The Bertz CT molecular complexity index is 839. The van der Waals surface area contributed by atoms with E-state index in [1.807, 2.05) is 24.3 Å². The Morgan fingerprint density at radius 2 is 1.42 bits per heavy atom. The molecule has 0 heterocycles. The lowest BCUT2D eigenvalue weighted by Gasteiger charge is -2.08. The summed E-state index contributed by atoms with van der Waals surface area (Å²) < 4.78 is 21.2. The highest BCUT2D eigenvalue weighted by atomic mass is 16.5. The van der Waals surface area contributed by atoms with E-state index in [0.717, 1.165) is 37.0 Å². The van der Waals surface area contributed by atoms with Crippen molar-refractivity contribution in [1.29, 1.82) is 0 Å². The molecule has 0 atom stereocenters. The van der Waals surface area contributed by atoms with Crippen LogP contribution in [-0.4, -0.2) is 32.3 Å². The summed E-state index contributed by atoms with van der Waals surface area (Å²) in [5.41, 5.74) is 1.79. The van der Waals surface area contributed by atoms with Gasteiger partial charge in [0, 0.05) is 5.57 Å². The molecule has 0 N–H and O–H groups in total. The quantitative estimate of drug-likeness (QED) is 0.252. The molecule has 0 aliphatic heterocycles. The number of hydrogen-bond acceptors (Lipinski definition) is 6. The van der Waals surface area contributed by atoms with Crippen LogP contribution in [0, 0.1) is 0 Å². The van der Waals surface area contributed by atoms with E-state index in [1.54, 1.807) is 38.3 Å². The molecular weight excluding hydrogens is 396 g/mol. The van der Waals surface area contributed by atoms with E-state index in [-0.39, 0.29) is 18.5 Å². The molecular formula is C25H30O6. The van der Waals surface area contributed by atoms with Crippen molar-refractivity contribution in [3.63, 3.8) is 0 Å². The fourth-order valence-electron chi connectivity index (χ4n) is 2.68. The molecule has 0 amide bonds. The van der Waals surface area contributed by atoms with E-state index in [1.165, 1.54) is 0 Å². The van der Waals surface area contributed by atoms with E-state index in [4.69, 9.17) is 18.9 Å². The van der Waals surface area contributed by atoms with Crippen LogP contribution in [-0.2, 0) is 20.9 Å². The summed E-state index contributed by atoms with van der Waals surface area (Å²) in [4.78, 5) is 23.4. The van der Waals surface area contributed by atoms with Crippen LogP contribution in [0.25, 0.3) is 0 Å². The van der Waals surface area contributed by atoms with E-state index in [2.05, 4.69) is 6.58 Å². The van der Waals surface area contributed by atoms with E-state index in [9.17, 15) is 9.59 Å². The van der Waals surface area contributed by atoms with Gasteiger partial charge in [0.25, 0.3) is 0 Å². The number of carbonyl (C=O) groups is 2. The molecule has 6 nitrogen and oxygen atoms in total. The Morgan fingerprint density at radius 3 is 2.03 bits per heavy atom. The second-order valence-corrected chi connectivity index (χ2v) is 7.13. The third-order valence-electron chi connectivity index (χ3n) is 4.51. The first-order chi connectivity index (χ1) is 15.0. The van der Waals surface area contributed by atoms with Crippen LogP contribution in [0.4, 0.5) is 0 Å². The molecule has 0 radical (unpaired) electrons. The smallest absolute Gasteiger partial charge is 0.338 e. The van der Waals surface area contributed by atoms with Gasteiger partial charge in [-0.15, -0.1) is 0 Å². The third kappa shape index (κ3) is 8.95. The maximum Gasteiger partial charge on any atom is 0.338 e. The lowest BCUT2D eigenvalue weighted by Crippen LogP contribution is -2.06. The first kappa shape index (κ1) is 24.0. The fraction of sp³-hybridized carbons (Fsp3) is 0.360. The molecule has 0 spiro atoms. The molecule has 166 valence electrons. The number of esters is 2. The van der Waals surface area contributed by atoms with E-state index < -0.39 is 0 Å². The van der Waals surface area contributed by atoms with Crippen LogP contribution < -0.4 is 9.47 Å². The summed E-state index contributed by atoms with van der Waals surface area (Å²) in [6, 6.07) is 14.3. The molecule has 0 unspecified atom stereocenters. The maximum absolute atomic E-state index is 12.2. The highest BCUT2D eigenvalue weighted by molar-refractivity contribution is 5.89. The van der Waals surface area contributed by atoms with Crippen LogP contribution in [0.2, 0.25) is 0 Å². The zero-order valence-electron chi connectivity index (χ0n) is 18.2. The lowest BCUT2D eigenvalue weighted by atomic mass is 10.2. The number of unbranched alkanes of at least 4 members (excludes halogenated alkanes) is 3. The molecule has 0 aliphatic rings. The van der Waals surface area contributed by atoms with Gasteiger partial charge in [-0.2, -0.15) is 0 Å². The molecule has 0 fully saturated rings. The molecule has 2 aromatic carbocycles. The minimum atomic E-state index is -0.380. The van der Waals surface area contributed by atoms with Gasteiger partial charge in [-0.05, 0) is 74.6 Å². The van der Waals surface area contributed by atoms with Gasteiger partial charge in [0.2, 0.25) is 0 Å². The molecule has 0 saturated carbocycles. The summed E-state index contributed by atoms with van der Waals surface area (Å²) >= 11 is 0. The van der Waals surface area contributed by atoms with Gasteiger partial charge < -0.3 is 18.9 Å². The monoisotopic (exact) mass is 426 g/mol. The van der Waals surface area contributed by atoms with Gasteiger partial charge in [0.05, 0.1) is 25.9 Å². The van der Waals surface area contributed by atoms with Crippen molar-refractivity contribution in [3.05, 3.63) is 71.8 Å². The Kier molecular flexibility index (Phi) is 10.1. The summed E-state index contributed by atoms with van der Waals surface area (Å²) in [7, 11) is 1.61. The van der Waals surface area contributed by atoms with Crippen LogP contribution in [0.15, 0.2) is 60.7 Å². The number of rotatable bonds is 13. The highest BCUT2D eigenvalue weighted by Gasteiger charge is 2.08. The largest absolute Gasteiger partial charge is 0.497 e. The minimum Gasteiger partial charge on any atom is -0.497 e. The zero-order valence-corrected chi connectivity index (χ0v) is 18.2. The number of methoxy groups -OCH3 is 1.